The Morgan fingerprint density at radius 2 is 1.70 bits per heavy atom. The van der Waals surface area contributed by atoms with Gasteiger partial charge in [-0.05, 0) is 25.7 Å². The quantitative estimate of drug-likeness (QED) is 0.800. The lowest BCUT2D eigenvalue weighted by Crippen LogP contribution is -2.58. The van der Waals surface area contributed by atoms with Gasteiger partial charge in [0.25, 0.3) is 0 Å². The van der Waals surface area contributed by atoms with Gasteiger partial charge in [-0.3, -0.25) is 9.80 Å². The Morgan fingerprint density at radius 3 is 2.20 bits per heavy atom. The summed E-state index contributed by atoms with van der Waals surface area (Å²) in [5, 5.41) is 3.45. The van der Waals surface area contributed by atoms with Crippen molar-refractivity contribution in [2.24, 2.45) is 5.41 Å². The molecule has 2 aliphatic rings. The minimum atomic E-state index is 0.287. The summed E-state index contributed by atoms with van der Waals surface area (Å²) in [5.41, 5.74) is 2.27. The van der Waals surface area contributed by atoms with Crippen LogP contribution in [0.5, 0.6) is 0 Å². The molecule has 0 aromatic carbocycles. The zero-order valence-corrected chi connectivity index (χ0v) is 14.1. The van der Waals surface area contributed by atoms with Gasteiger partial charge in [0.2, 0.25) is 0 Å². The first-order valence-corrected chi connectivity index (χ1v) is 8.17. The van der Waals surface area contributed by atoms with E-state index in [0.717, 1.165) is 19.6 Å². The second kappa shape index (κ2) is 6.17. The zero-order valence-electron chi connectivity index (χ0n) is 14.1. The molecule has 2 aliphatic heterocycles. The Balaban J connectivity index is 1.89. The smallest absolute Gasteiger partial charge is 0.0281 e. The largest absolute Gasteiger partial charge is 0.314 e. The van der Waals surface area contributed by atoms with Crippen LogP contribution in [-0.2, 0) is 0 Å². The van der Waals surface area contributed by atoms with Crippen molar-refractivity contribution in [3.63, 3.8) is 0 Å². The number of nitrogens with one attached hydrogen (secondary N) is 1. The number of hydrogen-bond acceptors (Lipinski definition) is 3. The van der Waals surface area contributed by atoms with Crippen molar-refractivity contribution in [3.05, 3.63) is 11.6 Å². The van der Waals surface area contributed by atoms with Crippen molar-refractivity contribution in [2.45, 2.75) is 46.6 Å². The van der Waals surface area contributed by atoms with E-state index in [1.54, 1.807) is 5.57 Å². The minimum Gasteiger partial charge on any atom is -0.314 e. The van der Waals surface area contributed by atoms with Crippen LogP contribution >= 0.6 is 0 Å². The van der Waals surface area contributed by atoms with Crippen molar-refractivity contribution in [3.8, 4) is 0 Å². The average molecular weight is 279 g/mol. The lowest BCUT2D eigenvalue weighted by atomic mass is 9.82. The molecule has 0 radical (unpaired) electrons. The van der Waals surface area contributed by atoms with Gasteiger partial charge in [0.05, 0.1) is 0 Å². The maximum Gasteiger partial charge on any atom is 0.0281 e. The third-order valence-electron chi connectivity index (χ3n) is 4.84. The van der Waals surface area contributed by atoms with E-state index in [9.17, 15) is 0 Å². The fourth-order valence-electron chi connectivity index (χ4n) is 3.45. The van der Waals surface area contributed by atoms with Crippen molar-refractivity contribution < 1.29 is 0 Å². The van der Waals surface area contributed by atoms with Crippen molar-refractivity contribution in [2.75, 3.05) is 45.8 Å². The summed E-state index contributed by atoms with van der Waals surface area (Å²) in [6, 6.07) is 0. The highest BCUT2D eigenvalue weighted by Crippen LogP contribution is 2.30. The Bertz CT molecular complexity index is 346. The lowest BCUT2D eigenvalue weighted by molar-refractivity contribution is 0.0650. The van der Waals surface area contributed by atoms with E-state index in [1.165, 1.54) is 32.6 Å². The molecule has 20 heavy (non-hydrogen) atoms. The molecule has 0 aromatic heterocycles. The van der Waals surface area contributed by atoms with Crippen molar-refractivity contribution >= 4 is 0 Å². The number of rotatable bonds is 3. The predicted molar refractivity (Wildman–Crippen MR) is 87.1 cm³/mol. The van der Waals surface area contributed by atoms with Gasteiger partial charge in [0.15, 0.2) is 0 Å². The molecule has 1 saturated heterocycles. The molecule has 0 spiro atoms. The second-order valence-corrected chi connectivity index (χ2v) is 8.01. The highest BCUT2D eigenvalue weighted by molar-refractivity contribution is 5.14. The Labute approximate surface area is 125 Å². The lowest BCUT2D eigenvalue weighted by Gasteiger charge is -2.44. The normalized spacial score (nSPS) is 23.8. The van der Waals surface area contributed by atoms with Gasteiger partial charge in [-0.1, -0.05) is 32.4 Å². The molecule has 3 heteroatoms. The standard InChI is InChI=1S/C17H33N3/c1-16(2,3)15-6-10-19(11-7-15)14-17(4,5)20-12-8-18-9-13-20/h6,18H,7-14H2,1-5H3. The number of hydrogen-bond donors (Lipinski definition) is 1. The SMILES string of the molecule is CC(C)(C)C1=CCN(CC(C)(C)N2CCNCC2)CC1. The molecule has 3 nitrogen and oxygen atoms in total. The highest BCUT2D eigenvalue weighted by Gasteiger charge is 2.31. The third-order valence-corrected chi connectivity index (χ3v) is 4.84. The first-order chi connectivity index (χ1) is 9.29. The Kier molecular flexibility index (Phi) is 4.93. The van der Waals surface area contributed by atoms with Crippen LogP contribution in [0.15, 0.2) is 11.6 Å². The van der Waals surface area contributed by atoms with Crippen LogP contribution in [-0.4, -0.2) is 61.2 Å². The summed E-state index contributed by atoms with van der Waals surface area (Å²) in [4.78, 5) is 5.27. The fourth-order valence-corrected chi connectivity index (χ4v) is 3.45. The highest BCUT2D eigenvalue weighted by atomic mass is 15.3. The van der Waals surface area contributed by atoms with Crippen LogP contribution in [0.1, 0.15) is 41.0 Å². The molecule has 0 amide bonds. The molecular weight excluding hydrogens is 246 g/mol. The molecule has 1 fully saturated rings. The number of piperazine rings is 1. The van der Waals surface area contributed by atoms with Crippen LogP contribution in [0.2, 0.25) is 0 Å². The molecule has 0 aromatic rings. The van der Waals surface area contributed by atoms with Crippen LogP contribution < -0.4 is 5.32 Å². The van der Waals surface area contributed by atoms with Gasteiger partial charge in [-0.15, -0.1) is 0 Å². The molecule has 0 unspecified atom stereocenters. The first kappa shape index (κ1) is 16.0. The summed E-state index contributed by atoms with van der Waals surface area (Å²) in [7, 11) is 0. The summed E-state index contributed by atoms with van der Waals surface area (Å²) in [6.45, 7) is 20.0. The fraction of sp³-hybridized carbons (Fsp3) is 0.882. The van der Waals surface area contributed by atoms with Gasteiger partial charge < -0.3 is 5.32 Å². The van der Waals surface area contributed by atoms with Gasteiger partial charge in [0.1, 0.15) is 0 Å². The first-order valence-electron chi connectivity index (χ1n) is 8.17. The van der Waals surface area contributed by atoms with E-state index in [-0.39, 0.29) is 5.54 Å². The summed E-state index contributed by atoms with van der Waals surface area (Å²) >= 11 is 0. The summed E-state index contributed by atoms with van der Waals surface area (Å²) < 4.78 is 0. The van der Waals surface area contributed by atoms with Gasteiger partial charge in [-0.2, -0.15) is 0 Å². The van der Waals surface area contributed by atoms with Crippen molar-refractivity contribution in [1.82, 2.24) is 15.1 Å². The topological polar surface area (TPSA) is 18.5 Å². The molecule has 1 N–H and O–H groups in total. The van der Waals surface area contributed by atoms with E-state index in [1.807, 2.05) is 0 Å². The van der Waals surface area contributed by atoms with Crippen LogP contribution in [0.3, 0.4) is 0 Å². The third kappa shape index (κ3) is 4.06. The molecular formula is C17H33N3. The van der Waals surface area contributed by atoms with Gasteiger partial charge in [-0.25, -0.2) is 0 Å². The van der Waals surface area contributed by atoms with E-state index < -0.39 is 0 Å². The van der Waals surface area contributed by atoms with Crippen LogP contribution in [0, 0.1) is 5.41 Å². The van der Waals surface area contributed by atoms with E-state index in [0.29, 0.717) is 5.41 Å². The van der Waals surface area contributed by atoms with E-state index in [2.05, 4.69) is 55.8 Å². The zero-order chi connectivity index (χ0) is 14.8. The molecule has 2 rings (SSSR count). The molecule has 2 heterocycles. The molecule has 116 valence electrons. The number of nitrogens with zero attached hydrogens (tertiary/aromatic N) is 2. The van der Waals surface area contributed by atoms with Gasteiger partial charge in [0, 0.05) is 51.4 Å². The second-order valence-electron chi connectivity index (χ2n) is 8.01. The molecule has 0 atom stereocenters. The van der Waals surface area contributed by atoms with Crippen LogP contribution in [0.25, 0.3) is 0 Å². The maximum absolute atomic E-state index is 3.45. The average Bonchev–Trinajstić information content (AvgIpc) is 2.39. The minimum absolute atomic E-state index is 0.287. The molecule has 0 aliphatic carbocycles. The maximum atomic E-state index is 3.45. The molecule has 0 saturated carbocycles. The Hall–Kier alpha value is -0.380. The Morgan fingerprint density at radius 1 is 1.05 bits per heavy atom. The summed E-state index contributed by atoms with van der Waals surface area (Å²) in [6.07, 6.45) is 3.71. The monoisotopic (exact) mass is 279 g/mol. The van der Waals surface area contributed by atoms with Crippen molar-refractivity contribution in [1.29, 1.82) is 0 Å². The predicted octanol–water partition coefficient (Wildman–Crippen LogP) is 2.35. The summed E-state index contributed by atoms with van der Waals surface area (Å²) in [5.74, 6) is 0. The van der Waals surface area contributed by atoms with E-state index >= 15 is 0 Å². The molecule has 0 bridgehead atoms. The van der Waals surface area contributed by atoms with E-state index in [4.69, 9.17) is 0 Å². The van der Waals surface area contributed by atoms with Gasteiger partial charge >= 0.3 is 0 Å². The van der Waals surface area contributed by atoms with Crippen LogP contribution in [0.4, 0.5) is 0 Å².